The number of nitrogens with zero attached hydrogens (tertiary/aromatic N) is 1. The molecular formula is C14H22N2O. The van der Waals surface area contributed by atoms with Crippen molar-refractivity contribution in [2.24, 2.45) is 0 Å². The van der Waals surface area contributed by atoms with Crippen LogP contribution < -0.4 is 10.1 Å². The summed E-state index contributed by atoms with van der Waals surface area (Å²) in [5.41, 5.74) is 3.38. The van der Waals surface area contributed by atoms with E-state index in [0.29, 0.717) is 6.04 Å². The molecular weight excluding hydrogens is 212 g/mol. The lowest BCUT2D eigenvalue weighted by Crippen LogP contribution is -2.26. The van der Waals surface area contributed by atoms with Crippen molar-refractivity contribution < 1.29 is 4.74 Å². The zero-order chi connectivity index (χ0) is 12.3. The first kappa shape index (κ1) is 12.4. The lowest BCUT2D eigenvalue weighted by Gasteiger charge is -2.15. The number of aromatic nitrogens is 1. The molecule has 1 N–H and O–H groups in total. The molecule has 0 spiro atoms. The molecule has 0 unspecified atom stereocenters. The van der Waals surface area contributed by atoms with E-state index in [4.69, 9.17) is 4.74 Å². The predicted molar refractivity (Wildman–Crippen MR) is 69.4 cm³/mol. The number of pyridine rings is 1. The minimum absolute atomic E-state index is 0.684. The summed E-state index contributed by atoms with van der Waals surface area (Å²) >= 11 is 0. The van der Waals surface area contributed by atoms with Crippen LogP contribution in [0.5, 0.6) is 5.75 Å². The number of rotatable bonds is 4. The average molecular weight is 234 g/mol. The second kappa shape index (κ2) is 5.50. The van der Waals surface area contributed by atoms with Crippen LogP contribution in [-0.4, -0.2) is 18.1 Å². The van der Waals surface area contributed by atoms with Gasteiger partial charge in [-0.1, -0.05) is 12.8 Å². The van der Waals surface area contributed by atoms with Gasteiger partial charge in [0, 0.05) is 29.9 Å². The van der Waals surface area contributed by atoms with Crippen molar-refractivity contribution in [3.63, 3.8) is 0 Å². The first-order chi connectivity index (χ1) is 8.22. The SMILES string of the molecule is COc1c(C)cnc(CNC2CCCC2)c1C. The Morgan fingerprint density at radius 1 is 1.35 bits per heavy atom. The number of ether oxygens (including phenoxy) is 1. The minimum atomic E-state index is 0.684. The summed E-state index contributed by atoms with van der Waals surface area (Å²) in [4.78, 5) is 4.50. The van der Waals surface area contributed by atoms with E-state index in [-0.39, 0.29) is 0 Å². The lowest BCUT2D eigenvalue weighted by molar-refractivity contribution is 0.406. The molecule has 94 valence electrons. The Bertz CT molecular complexity index is 384. The van der Waals surface area contributed by atoms with Gasteiger partial charge in [-0.2, -0.15) is 0 Å². The Hall–Kier alpha value is -1.09. The normalized spacial score (nSPS) is 16.4. The molecule has 0 atom stereocenters. The largest absolute Gasteiger partial charge is 0.496 e. The van der Waals surface area contributed by atoms with Crippen LogP contribution in [0.15, 0.2) is 6.20 Å². The maximum Gasteiger partial charge on any atom is 0.128 e. The zero-order valence-electron chi connectivity index (χ0n) is 11.0. The second-order valence-corrected chi connectivity index (χ2v) is 4.91. The van der Waals surface area contributed by atoms with Crippen LogP contribution in [-0.2, 0) is 6.54 Å². The van der Waals surface area contributed by atoms with Crippen molar-refractivity contribution in [1.29, 1.82) is 0 Å². The molecule has 1 aromatic rings. The van der Waals surface area contributed by atoms with E-state index in [0.717, 1.165) is 29.1 Å². The van der Waals surface area contributed by atoms with Crippen LogP contribution >= 0.6 is 0 Å². The summed E-state index contributed by atoms with van der Waals surface area (Å²) in [6.45, 7) is 4.98. The summed E-state index contributed by atoms with van der Waals surface area (Å²) in [7, 11) is 1.73. The van der Waals surface area contributed by atoms with Crippen molar-refractivity contribution in [2.45, 2.75) is 52.1 Å². The van der Waals surface area contributed by atoms with Crippen LogP contribution in [0.25, 0.3) is 0 Å². The van der Waals surface area contributed by atoms with Crippen molar-refractivity contribution in [2.75, 3.05) is 7.11 Å². The van der Waals surface area contributed by atoms with E-state index >= 15 is 0 Å². The van der Waals surface area contributed by atoms with E-state index in [1.165, 1.54) is 25.7 Å². The van der Waals surface area contributed by atoms with Crippen LogP contribution in [0.2, 0.25) is 0 Å². The molecule has 0 aliphatic heterocycles. The highest BCUT2D eigenvalue weighted by Gasteiger charge is 2.15. The fourth-order valence-electron chi connectivity index (χ4n) is 2.62. The van der Waals surface area contributed by atoms with Gasteiger partial charge in [-0.05, 0) is 26.7 Å². The van der Waals surface area contributed by atoms with E-state index in [9.17, 15) is 0 Å². The number of methoxy groups -OCH3 is 1. The summed E-state index contributed by atoms with van der Waals surface area (Å²) in [5.74, 6) is 0.975. The Morgan fingerprint density at radius 2 is 2.06 bits per heavy atom. The lowest BCUT2D eigenvalue weighted by atomic mass is 10.1. The number of nitrogens with one attached hydrogen (secondary N) is 1. The Morgan fingerprint density at radius 3 is 2.71 bits per heavy atom. The molecule has 0 aromatic carbocycles. The van der Waals surface area contributed by atoms with Crippen molar-refractivity contribution in [3.05, 3.63) is 23.0 Å². The highest BCUT2D eigenvalue weighted by Crippen LogP contribution is 2.24. The fraction of sp³-hybridized carbons (Fsp3) is 0.643. The third kappa shape index (κ3) is 2.78. The number of aryl methyl sites for hydroxylation is 1. The van der Waals surface area contributed by atoms with Crippen LogP contribution in [0.3, 0.4) is 0 Å². The van der Waals surface area contributed by atoms with E-state index in [1.807, 2.05) is 13.1 Å². The first-order valence-corrected chi connectivity index (χ1v) is 6.45. The van der Waals surface area contributed by atoms with E-state index in [1.54, 1.807) is 7.11 Å². The van der Waals surface area contributed by atoms with Gasteiger partial charge in [-0.15, -0.1) is 0 Å². The molecule has 17 heavy (non-hydrogen) atoms. The van der Waals surface area contributed by atoms with Gasteiger partial charge in [0.25, 0.3) is 0 Å². The second-order valence-electron chi connectivity index (χ2n) is 4.91. The fourth-order valence-corrected chi connectivity index (χ4v) is 2.62. The van der Waals surface area contributed by atoms with Crippen LogP contribution in [0.1, 0.15) is 42.5 Å². The van der Waals surface area contributed by atoms with Crippen molar-refractivity contribution >= 4 is 0 Å². The van der Waals surface area contributed by atoms with Gasteiger partial charge >= 0.3 is 0 Å². The summed E-state index contributed by atoms with van der Waals surface area (Å²) in [5, 5.41) is 3.59. The molecule has 3 heteroatoms. The van der Waals surface area contributed by atoms with Gasteiger partial charge in [0.05, 0.1) is 12.8 Å². The molecule has 1 aromatic heterocycles. The predicted octanol–water partition coefficient (Wildman–Crippen LogP) is 2.74. The smallest absolute Gasteiger partial charge is 0.128 e. The van der Waals surface area contributed by atoms with Crippen molar-refractivity contribution in [3.8, 4) is 5.75 Å². The molecule has 0 saturated heterocycles. The van der Waals surface area contributed by atoms with Crippen molar-refractivity contribution in [1.82, 2.24) is 10.3 Å². The molecule has 0 amide bonds. The highest BCUT2D eigenvalue weighted by atomic mass is 16.5. The Balaban J connectivity index is 2.05. The van der Waals surface area contributed by atoms with Gasteiger partial charge in [0.1, 0.15) is 5.75 Å². The molecule has 1 aliphatic rings. The topological polar surface area (TPSA) is 34.1 Å². The van der Waals surface area contributed by atoms with E-state index < -0.39 is 0 Å². The molecule has 1 heterocycles. The number of hydrogen-bond donors (Lipinski definition) is 1. The third-order valence-corrected chi connectivity index (χ3v) is 3.66. The van der Waals surface area contributed by atoms with Gasteiger partial charge < -0.3 is 10.1 Å². The molecule has 2 rings (SSSR count). The quantitative estimate of drug-likeness (QED) is 0.869. The summed E-state index contributed by atoms with van der Waals surface area (Å²) < 4.78 is 5.42. The maximum atomic E-state index is 5.42. The van der Waals surface area contributed by atoms with Gasteiger partial charge in [0.15, 0.2) is 0 Å². The van der Waals surface area contributed by atoms with Gasteiger partial charge in [0.2, 0.25) is 0 Å². The molecule has 1 fully saturated rings. The maximum absolute atomic E-state index is 5.42. The highest BCUT2D eigenvalue weighted by molar-refractivity contribution is 5.40. The molecule has 0 radical (unpaired) electrons. The van der Waals surface area contributed by atoms with Gasteiger partial charge in [-0.25, -0.2) is 0 Å². The zero-order valence-corrected chi connectivity index (χ0v) is 11.0. The average Bonchev–Trinajstić information content (AvgIpc) is 2.82. The monoisotopic (exact) mass is 234 g/mol. The van der Waals surface area contributed by atoms with E-state index in [2.05, 4.69) is 17.2 Å². The molecule has 1 aliphatic carbocycles. The first-order valence-electron chi connectivity index (χ1n) is 6.45. The number of hydrogen-bond acceptors (Lipinski definition) is 3. The Labute approximate surface area is 104 Å². The summed E-state index contributed by atoms with van der Waals surface area (Å²) in [6, 6.07) is 0.684. The van der Waals surface area contributed by atoms with Crippen LogP contribution in [0.4, 0.5) is 0 Å². The standard InChI is InChI=1S/C14H22N2O/c1-10-8-16-13(11(2)14(10)17-3)9-15-12-6-4-5-7-12/h8,12,15H,4-7,9H2,1-3H3. The Kier molecular flexibility index (Phi) is 4.00. The van der Waals surface area contributed by atoms with Gasteiger partial charge in [-0.3, -0.25) is 4.98 Å². The molecule has 3 nitrogen and oxygen atoms in total. The third-order valence-electron chi connectivity index (χ3n) is 3.66. The molecule has 0 bridgehead atoms. The molecule has 1 saturated carbocycles. The summed E-state index contributed by atoms with van der Waals surface area (Å²) in [6.07, 6.45) is 7.24. The van der Waals surface area contributed by atoms with Crippen LogP contribution in [0, 0.1) is 13.8 Å². The minimum Gasteiger partial charge on any atom is -0.496 e.